The number of rotatable bonds is 5. The molecule has 0 saturated carbocycles. The molecule has 0 bridgehead atoms. The molecule has 0 aliphatic heterocycles. The molecule has 0 fully saturated rings. The second-order valence-electron chi connectivity index (χ2n) is 3.67. The molecule has 3 nitrogen and oxygen atoms in total. The van der Waals surface area contributed by atoms with Crippen molar-refractivity contribution < 1.29 is 0 Å². The van der Waals surface area contributed by atoms with Crippen molar-refractivity contribution in [3.05, 3.63) is 24.5 Å². The molecule has 1 aromatic rings. The summed E-state index contributed by atoms with van der Waals surface area (Å²) in [7, 11) is 0. The summed E-state index contributed by atoms with van der Waals surface area (Å²) >= 11 is 0. The predicted octanol–water partition coefficient (Wildman–Crippen LogP) is 1.87. The highest BCUT2D eigenvalue weighted by Gasteiger charge is 2.09. The lowest BCUT2D eigenvalue weighted by molar-refractivity contribution is 0.457. The van der Waals surface area contributed by atoms with E-state index in [2.05, 4.69) is 24.1 Å². The number of nitrogens with zero attached hydrogens (tertiary/aromatic N) is 1. The lowest BCUT2D eigenvalue weighted by atomic mass is 10.0. The van der Waals surface area contributed by atoms with E-state index in [1.165, 1.54) is 0 Å². The van der Waals surface area contributed by atoms with Gasteiger partial charge in [0.25, 0.3) is 0 Å². The van der Waals surface area contributed by atoms with E-state index in [4.69, 9.17) is 5.73 Å². The smallest absolute Gasteiger partial charge is 0.0527 e. The van der Waals surface area contributed by atoms with Gasteiger partial charge >= 0.3 is 0 Å². The number of anilines is 1. The summed E-state index contributed by atoms with van der Waals surface area (Å²) in [6.45, 7) is 5.14. The van der Waals surface area contributed by atoms with E-state index < -0.39 is 0 Å². The first kappa shape index (κ1) is 11.0. The minimum absolute atomic E-state index is 0.209. The summed E-state index contributed by atoms with van der Waals surface area (Å²) in [5.74, 6) is 0.555. The third kappa shape index (κ3) is 3.34. The Morgan fingerprint density at radius 3 is 2.93 bits per heavy atom. The van der Waals surface area contributed by atoms with Gasteiger partial charge in [-0.3, -0.25) is 4.98 Å². The van der Waals surface area contributed by atoms with Crippen LogP contribution < -0.4 is 11.1 Å². The van der Waals surface area contributed by atoms with Gasteiger partial charge in [0.15, 0.2) is 0 Å². The highest BCUT2D eigenvalue weighted by molar-refractivity contribution is 5.39. The molecule has 0 aliphatic carbocycles. The highest BCUT2D eigenvalue weighted by atomic mass is 14.9. The molecule has 0 spiro atoms. The van der Waals surface area contributed by atoms with Gasteiger partial charge in [-0.1, -0.05) is 20.3 Å². The molecule has 1 heterocycles. The van der Waals surface area contributed by atoms with Crippen LogP contribution in [0.2, 0.25) is 0 Å². The molecule has 14 heavy (non-hydrogen) atoms. The van der Waals surface area contributed by atoms with Crippen molar-refractivity contribution >= 4 is 5.69 Å². The molecule has 2 unspecified atom stereocenters. The lowest BCUT2D eigenvalue weighted by Crippen LogP contribution is -2.35. The molecule has 2 atom stereocenters. The number of hydrogen-bond donors (Lipinski definition) is 2. The summed E-state index contributed by atoms with van der Waals surface area (Å²) in [4.78, 5) is 4.02. The van der Waals surface area contributed by atoms with Gasteiger partial charge < -0.3 is 11.1 Å². The summed E-state index contributed by atoms with van der Waals surface area (Å²) < 4.78 is 0. The minimum Gasteiger partial charge on any atom is -0.382 e. The van der Waals surface area contributed by atoms with Crippen molar-refractivity contribution in [2.45, 2.75) is 26.3 Å². The van der Waals surface area contributed by atoms with Crippen molar-refractivity contribution in [1.82, 2.24) is 4.98 Å². The zero-order chi connectivity index (χ0) is 10.4. The van der Waals surface area contributed by atoms with Crippen molar-refractivity contribution in [3.63, 3.8) is 0 Å². The molecule has 0 radical (unpaired) electrons. The molecule has 78 valence electrons. The molecular weight excluding hydrogens is 174 g/mol. The Labute approximate surface area is 85.7 Å². The average molecular weight is 193 g/mol. The van der Waals surface area contributed by atoms with Crippen LogP contribution >= 0.6 is 0 Å². The van der Waals surface area contributed by atoms with E-state index in [9.17, 15) is 0 Å². The van der Waals surface area contributed by atoms with Gasteiger partial charge in [0.05, 0.1) is 5.69 Å². The third-order valence-corrected chi connectivity index (χ3v) is 2.58. The topological polar surface area (TPSA) is 50.9 Å². The Bertz CT molecular complexity index is 248. The first-order valence-electron chi connectivity index (χ1n) is 5.13. The Morgan fingerprint density at radius 2 is 2.36 bits per heavy atom. The standard InChI is InChI=1S/C11H19N3/c1-3-9(2)11(12)8-14-10-5-4-6-13-7-10/h4-7,9,11,14H,3,8,12H2,1-2H3. The SMILES string of the molecule is CCC(C)C(N)CNc1cccnc1. The van der Waals surface area contributed by atoms with Crippen LogP contribution in [0.4, 0.5) is 5.69 Å². The van der Waals surface area contributed by atoms with Crippen molar-refractivity contribution in [3.8, 4) is 0 Å². The quantitative estimate of drug-likeness (QED) is 0.750. The largest absolute Gasteiger partial charge is 0.382 e. The lowest BCUT2D eigenvalue weighted by Gasteiger charge is -2.19. The van der Waals surface area contributed by atoms with Crippen LogP contribution in [0, 0.1) is 5.92 Å². The van der Waals surface area contributed by atoms with Gasteiger partial charge in [-0.05, 0) is 18.1 Å². The van der Waals surface area contributed by atoms with Gasteiger partial charge in [-0.25, -0.2) is 0 Å². The van der Waals surface area contributed by atoms with Gasteiger partial charge in [-0.2, -0.15) is 0 Å². The number of nitrogens with one attached hydrogen (secondary N) is 1. The van der Waals surface area contributed by atoms with Crippen LogP contribution in [-0.4, -0.2) is 17.6 Å². The Hall–Kier alpha value is -1.09. The maximum absolute atomic E-state index is 5.99. The van der Waals surface area contributed by atoms with E-state index in [-0.39, 0.29) is 6.04 Å². The second-order valence-corrected chi connectivity index (χ2v) is 3.67. The predicted molar refractivity (Wildman–Crippen MR) is 60.2 cm³/mol. The maximum Gasteiger partial charge on any atom is 0.0527 e. The van der Waals surface area contributed by atoms with E-state index >= 15 is 0 Å². The monoisotopic (exact) mass is 193 g/mol. The molecule has 3 N–H and O–H groups in total. The highest BCUT2D eigenvalue weighted by Crippen LogP contribution is 2.07. The summed E-state index contributed by atoms with van der Waals surface area (Å²) in [6.07, 6.45) is 4.69. The number of aromatic nitrogens is 1. The van der Waals surface area contributed by atoms with Crippen LogP contribution in [-0.2, 0) is 0 Å². The van der Waals surface area contributed by atoms with E-state index in [0.29, 0.717) is 5.92 Å². The zero-order valence-electron chi connectivity index (χ0n) is 8.90. The van der Waals surface area contributed by atoms with Crippen LogP contribution in [0.1, 0.15) is 20.3 Å². The van der Waals surface area contributed by atoms with E-state index in [1.54, 1.807) is 6.20 Å². The maximum atomic E-state index is 5.99. The van der Waals surface area contributed by atoms with Gasteiger partial charge in [0, 0.05) is 25.0 Å². The average Bonchev–Trinajstić information content (AvgIpc) is 2.26. The second kappa shape index (κ2) is 5.60. The number of hydrogen-bond acceptors (Lipinski definition) is 3. The zero-order valence-corrected chi connectivity index (χ0v) is 8.90. The number of nitrogens with two attached hydrogens (primary N) is 1. The van der Waals surface area contributed by atoms with Gasteiger partial charge in [-0.15, -0.1) is 0 Å². The molecule has 1 aromatic heterocycles. The van der Waals surface area contributed by atoms with Crippen molar-refractivity contribution in [1.29, 1.82) is 0 Å². The number of pyridine rings is 1. The van der Waals surface area contributed by atoms with Crippen LogP contribution in [0.25, 0.3) is 0 Å². The summed E-state index contributed by atoms with van der Waals surface area (Å²) in [5.41, 5.74) is 7.03. The van der Waals surface area contributed by atoms with Crippen molar-refractivity contribution in [2.24, 2.45) is 11.7 Å². The Kier molecular flexibility index (Phi) is 4.40. The Balaban J connectivity index is 2.34. The van der Waals surface area contributed by atoms with Crippen LogP contribution in [0.5, 0.6) is 0 Å². The third-order valence-electron chi connectivity index (χ3n) is 2.58. The first-order valence-corrected chi connectivity index (χ1v) is 5.13. The molecule has 3 heteroatoms. The van der Waals surface area contributed by atoms with Gasteiger partial charge in [0.1, 0.15) is 0 Å². The first-order chi connectivity index (χ1) is 6.74. The van der Waals surface area contributed by atoms with Crippen LogP contribution in [0.3, 0.4) is 0 Å². The fourth-order valence-corrected chi connectivity index (χ4v) is 1.21. The van der Waals surface area contributed by atoms with E-state index in [1.807, 2.05) is 18.3 Å². The van der Waals surface area contributed by atoms with Crippen molar-refractivity contribution in [2.75, 3.05) is 11.9 Å². The summed E-state index contributed by atoms with van der Waals surface area (Å²) in [6, 6.07) is 4.12. The fourth-order valence-electron chi connectivity index (χ4n) is 1.21. The molecule has 0 saturated heterocycles. The molecule has 1 rings (SSSR count). The molecule has 0 aromatic carbocycles. The summed E-state index contributed by atoms with van der Waals surface area (Å²) in [5, 5.41) is 3.27. The molecular formula is C11H19N3. The fraction of sp³-hybridized carbons (Fsp3) is 0.545. The minimum atomic E-state index is 0.209. The van der Waals surface area contributed by atoms with E-state index in [0.717, 1.165) is 18.7 Å². The van der Waals surface area contributed by atoms with Gasteiger partial charge in [0.2, 0.25) is 0 Å². The molecule has 0 amide bonds. The normalized spacial score (nSPS) is 14.8. The van der Waals surface area contributed by atoms with Crippen LogP contribution in [0.15, 0.2) is 24.5 Å². The Morgan fingerprint density at radius 1 is 1.57 bits per heavy atom. The molecule has 0 aliphatic rings.